The van der Waals surface area contributed by atoms with E-state index in [1.54, 1.807) is 18.2 Å². The fourth-order valence-corrected chi connectivity index (χ4v) is 3.06. The number of esters is 1. The van der Waals surface area contributed by atoms with Crippen molar-refractivity contribution >= 4 is 35.5 Å². The average molecular weight is 359 g/mol. The number of phenolic OH excluding ortho intramolecular Hbond substituents is 1. The van der Waals surface area contributed by atoms with Crippen molar-refractivity contribution in [2.24, 2.45) is 5.10 Å². The van der Waals surface area contributed by atoms with E-state index in [9.17, 15) is 19.5 Å². The number of imide groups is 1. The minimum atomic E-state index is -0.623. The van der Waals surface area contributed by atoms with Crippen LogP contribution in [0.5, 0.6) is 5.75 Å². The van der Waals surface area contributed by atoms with Gasteiger partial charge in [-0.3, -0.25) is 10.1 Å². The minimum Gasteiger partial charge on any atom is -0.507 e. The smallest absolute Gasteiger partial charge is 0.344 e. The molecule has 3 rings (SSSR count). The molecule has 0 unspecified atom stereocenters. The second kappa shape index (κ2) is 6.73. The molecule has 1 aliphatic rings. The minimum absolute atomic E-state index is 0.0795. The highest BCUT2D eigenvalue weighted by molar-refractivity contribution is 7.17. The summed E-state index contributed by atoms with van der Waals surface area (Å²) in [5.74, 6) is -1.17. The first-order chi connectivity index (χ1) is 12.0. The van der Waals surface area contributed by atoms with Gasteiger partial charge in [-0.1, -0.05) is 0 Å². The Hall–Kier alpha value is -3.20. The Morgan fingerprint density at radius 3 is 2.84 bits per heavy atom. The van der Waals surface area contributed by atoms with Crippen molar-refractivity contribution < 1.29 is 24.2 Å². The number of carbonyl (C=O) groups excluding carboxylic acids is 3. The predicted molar refractivity (Wildman–Crippen MR) is 90.6 cm³/mol. The highest BCUT2D eigenvalue weighted by atomic mass is 32.1. The van der Waals surface area contributed by atoms with E-state index in [2.05, 4.69) is 15.2 Å². The lowest BCUT2D eigenvalue weighted by Crippen LogP contribution is -2.24. The van der Waals surface area contributed by atoms with E-state index >= 15 is 0 Å². The Labute approximate surface area is 146 Å². The number of carbonyl (C=O) groups is 3. The molecule has 1 aromatic heterocycles. The number of nitrogens with zero attached hydrogens (tertiary/aromatic N) is 2. The van der Waals surface area contributed by atoms with Gasteiger partial charge in [-0.15, -0.1) is 11.3 Å². The van der Waals surface area contributed by atoms with E-state index in [4.69, 9.17) is 0 Å². The summed E-state index contributed by atoms with van der Waals surface area (Å²) in [6.45, 7) is -0.103. The van der Waals surface area contributed by atoms with Crippen LogP contribution in [0.1, 0.15) is 15.2 Å². The number of urea groups is 1. The summed E-state index contributed by atoms with van der Waals surface area (Å²) in [6.07, 6.45) is 1.48. The average Bonchev–Trinajstić information content (AvgIpc) is 3.19. The molecule has 25 heavy (non-hydrogen) atoms. The number of hydrogen-bond acceptors (Lipinski definition) is 7. The van der Waals surface area contributed by atoms with E-state index in [1.807, 2.05) is 6.07 Å². The zero-order valence-corrected chi connectivity index (χ0v) is 13.9. The molecule has 0 atom stereocenters. The van der Waals surface area contributed by atoms with Gasteiger partial charge in [0.15, 0.2) is 0 Å². The van der Waals surface area contributed by atoms with Crippen LogP contribution in [0.4, 0.5) is 4.79 Å². The number of phenols is 1. The number of benzene rings is 1. The second-order valence-electron chi connectivity index (χ2n) is 5.08. The van der Waals surface area contributed by atoms with Gasteiger partial charge in [0.2, 0.25) is 5.91 Å². The van der Waals surface area contributed by atoms with Crippen LogP contribution in [-0.4, -0.2) is 47.9 Å². The molecule has 1 fully saturated rings. The number of methoxy groups -OCH3 is 1. The molecule has 2 aromatic rings. The van der Waals surface area contributed by atoms with Crippen LogP contribution in [0.3, 0.4) is 0 Å². The molecule has 9 heteroatoms. The van der Waals surface area contributed by atoms with Crippen LogP contribution in [0.15, 0.2) is 35.4 Å². The van der Waals surface area contributed by atoms with E-state index in [-0.39, 0.29) is 17.9 Å². The van der Waals surface area contributed by atoms with Crippen LogP contribution in [0.25, 0.3) is 10.4 Å². The van der Waals surface area contributed by atoms with Crippen LogP contribution >= 0.6 is 11.3 Å². The van der Waals surface area contributed by atoms with Crippen LogP contribution < -0.4 is 5.32 Å². The summed E-state index contributed by atoms with van der Waals surface area (Å²) in [5.41, 5.74) is 0.813. The Morgan fingerprint density at radius 2 is 2.16 bits per heavy atom. The first kappa shape index (κ1) is 16.7. The largest absolute Gasteiger partial charge is 0.507 e. The molecule has 1 saturated heterocycles. The number of ether oxygens (including phenoxy) is 1. The summed E-state index contributed by atoms with van der Waals surface area (Å²) in [4.78, 5) is 35.8. The zero-order chi connectivity index (χ0) is 18.0. The Morgan fingerprint density at radius 1 is 1.36 bits per heavy atom. The van der Waals surface area contributed by atoms with Crippen molar-refractivity contribution in [3.05, 3.63) is 40.8 Å². The monoisotopic (exact) mass is 359 g/mol. The molecule has 0 bridgehead atoms. The van der Waals surface area contributed by atoms with Gasteiger partial charge < -0.3 is 9.84 Å². The molecule has 0 saturated carbocycles. The maximum Gasteiger partial charge on any atom is 0.344 e. The number of amides is 3. The van der Waals surface area contributed by atoms with Gasteiger partial charge in [-0.25, -0.2) is 14.6 Å². The van der Waals surface area contributed by atoms with Gasteiger partial charge in [-0.05, 0) is 35.9 Å². The highest BCUT2D eigenvalue weighted by Gasteiger charge is 2.25. The molecule has 1 aliphatic heterocycles. The molecule has 128 valence electrons. The second-order valence-corrected chi connectivity index (χ2v) is 6.20. The molecule has 1 aromatic carbocycles. The van der Waals surface area contributed by atoms with Gasteiger partial charge in [-0.2, -0.15) is 5.10 Å². The Balaban J connectivity index is 1.81. The summed E-state index contributed by atoms with van der Waals surface area (Å²) in [6, 6.07) is 7.72. The van der Waals surface area contributed by atoms with Gasteiger partial charge in [0, 0.05) is 9.75 Å². The summed E-state index contributed by atoms with van der Waals surface area (Å²) >= 11 is 1.38. The number of nitrogens with one attached hydrogen (secondary N) is 1. The fourth-order valence-electron chi connectivity index (χ4n) is 2.19. The summed E-state index contributed by atoms with van der Waals surface area (Å²) in [7, 11) is 1.24. The van der Waals surface area contributed by atoms with Gasteiger partial charge in [0.25, 0.3) is 0 Å². The van der Waals surface area contributed by atoms with E-state index < -0.39 is 17.9 Å². The van der Waals surface area contributed by atoms with Crippen LogP contribution in [0.2, 0.25) is 0 Å². The molecule has 2 heterocycles. The van der Waals surface area contributed by atoms with Crippen LogP contribution in [0, 0.1) is 0 Å². The third kappa shape index (κ3) is 3.50. The molecular formula is C16H13N3O5S. The standard InChI is InChI=1S/C16H13N3O5S/c1-24-15(22)11-6-9(2-4-12(11)20)13-5-3-10(25-13)7-17-19-8-14(21)18-16(19)23/h2-7,20H,8H2,1H3,(H,18,21,23)/b17-7+. The molecular weight excluding hydrogens is 346 g/mol. The predicted octanol–water partition coefficient (Wildman–Crippen LogP) is 1.79. The van der Waals surface area contributed by atoms with Gasteiger partial charge in [0.05, 0.1) is 13.3 Å². The van der Waals surface area contributed by atoms with Crippen molar-refractivity contribution in [2.75, 3.05) is 13.7 Å². The maximum atomic E-state index is 11.7. The first-order valence-electron chi connectivity index (χ1n) is 7.15. The van der Waals surface area contributed by atoms with Crippen LogP contribution in [-0.2, 0) is 9.53 Å². The molecule has 0 radical (unpaired) electrons. The summed E-state index contributed by atoms with van der Waals surface area (Å²) < 4.78 is 4.64. The van der Waals surface area contributed by atoms with Crippen molar-refractivity contribution in [1.29, 1.82) is 0 Å². The molecule has 3 amide bonds. The molecule has 8 nitrogen and oxygen atoms in total. The highest BCUT2D eigenvalue weighted by Crippen LogP contribution is 2.31. The van der Waals surface area contributed by atoms with Crippen molar-refractivity contribution in [1.82, 2.24) is 10.3 Å². The molecule has 0 aliphatic carbocycles. The number of thiophene rings is 1. The SMILES string of the molecule is COC(=O)c1cc(-c2ccc(/C=N/N3CC(=O)NC3=O)s2)ccc1O. The summed E-state index contributed by atoms with van der Waals surface area (Å²) in [5, 5.41) is 16.9. The number of aromatic hydroxyl groups is 1. The number of rotatable bonds is 4. The fraction of sp³-hybridized carbons (Fsp3) is 0.125. The van der Waals surface area contributed by atoms with Crippen molar-refractivity contribution in [3.8, 4) is 16.2 Å². The Kier molecular flexibility index (Phi) is 4.48. The normalized spacial score (nSPS) is 14.2. The van der Waals surface area contributed by atoms with E-state index in [0.29, 0.717) is 0 Å². The van der Waals surface area contributed by atoms with E-state index in [1.165, 1.54) is 30.7 Å². The third-order valence-electron chi connectivity index (χ3n) is 3.41. The Bertz CT molecular complexity index is 890. The van der Waals surface area contributed by atoms with Crippen molar-refractivity contribution in [2.45, 2.75) is 0 Å². The lowest BCUT2D eigenvalue weighted by Gasteiger charge is -2.05. The topological polar surface area (TPSA) is 108 Å². The van der Waals surface area contributed by atoms with Gasteiger partial charge >= 0.3 is 12.0 Å². The van der Waals surface area contributed by atoms with E-state index in [0.717, 1.165) is 20.3 Å². The first-order valence-corrected chi connectivity index (χ1v) is 7.96. The number of hydrogen-bond donors (Lipinski definition) is 2. The number of hydrazone groups is 1. The third-order valence-corrected chi connectivity index (χ3v) is 4.48. The quantitative estimate of drug-likeness (QED) is 0.491. The lowest BCUT2D eigenvalue weighted by molar-refractivity contribution is -0.118. The zero-order valence-electron chi connectivity index (χ0n) is 13.1. The molecule has 2 N–H and O–H groups in total. The van der Waals surface area contributed by atoms with Gasteiger partial charge in [0.1, 0.15) is 17.9 Å². The lowest BCUT2D eigenvalue weighted by atomic mass is 10.1. The van der Waals surface area contributed by atoms with Crippen molar-refractivity contribution in [3.63, 3.8) is 0 Å². The maximum absolute atomic E-state index is 11.7. The molecule has 0 spiro atoms.